The molecule has 14 heavy (non-hydrogen) atoms. The number of hydrogen-bond donors (Lipinski definition) is 0. The van der Waals surface area contributed by atoms with E-state index in [4.69, 9.17) is 0 Å². The Bertz CT molecular complexity index is 304. The molecule has 0 aromatic heterocycles. The Balaban J connectivity index is 1.86. The molecule has 0 heterocycles. The molecule has 1 heteroatoms. The maximum absolute atomic E-state index is 9.26. The second-order valence-electron chi connectivity index (χ2n) is 6.31. The van der Waals surface area contributed by atoms with Crippen LogP contribution in [-0.4, -0.2) is 0 Å². The zero-order valence-electron chi connectivity index (χ0n) is 9.21. The molecular formula is C13H19N. The summed E-state index contributed by atoms with van der Waals surface area (Å²) in [5, 5.41) is 9.26. The fourth-order valence-corrected chi connectivity index (χ4v) is 4.17. The maximum Gasteiger partial charge on any atom is 0.0692 e. The van der Waals surface area contributed by atoms with Crippen LogP contribution in [-0.2, 0) is 0 Å². The predicted molar refractivity (Wildman–Crippen MR) is 55.4 cm³/mol. The minimum atomic E-state index is 0.132. The first-order valence-electron chi connectivity index (χ1n) is 6.01. The fourth-order valence-electron chi connectivity index (χ4n) is 4.17. The quantitative estimate of drug-likeness (QED) is 0.620. The summed E-state index contributed by atoms with van der Waals surface area (Å²) in [7, 11) is 0. The Morgan fingerprint density at radius 1 is 1.14 bits per heavy atom. The fraction of sp³-hybridized carbons (Fsp3) is 0.923. The Morgan fingerprint density at radius 3 is 2.29 bits per heavy atom. The van der Waals surface area contributed by atoms with E-state index in [0.29, 0.717) is 5.41 Å². The van der Waals surface area contributed by atoms with Crippen LogP contribution in [0.5, 0.6) is 0 Å². The van der Waals surface area contributed by atoms with Crippen LogP contribution in [0.15, 0.2) is 0 Å². The molecular weight excluding hydrogens is 170 g/mol. The van der Waals surface area contributed by atoms with E-state index in [1.807, 2.05) is 0 Å². The Labute approximate surface area is 86.5 Å². The smallest absolute Gasteiger partial charge is 0.0692 e. The van der Waals surface area contributed by atoms with Gasteiger partial charge in [-0.3, -0.25) is 0 Å². The lowest BCUT2D eigenvalue weighted by Gasteiger charge is -2.61. The lowest BCUT2D eigenvalue weighted by Crippen LogP contribution is -2.54. The summed E-state index contributed by atoms with van der Waals surface area (Å²) in [4.78, 5) is 0. The summed E-state index contributed by atoms with van der Waals surface area (Å²) in [5.41, 5.74) is 0.683. The molecule has 1 nitrogen and oxygen atoms in total. The van der Waals surface area contributed by atoms with Crippen molar-refractivity contribution in [1.29, 1.82) is 5.26 Å². The van der Waals surface area contributed by atoms with Crippen LogP contribution in [0, 0.1) is 39.9 Å². The summed E-state index contributed by atoms with van der Waals surface area (Å²) >= 11 is 0. The van der Waals surface area contributed by atoms with Crippen LogP contribution >= 0.6 is 0 Å². The van der Waals surface area contributed by atoms with Crippen molar-refractivity contribution < 1.29 is 0 Å². The molecule has 1 unspecified atom stereocenters. The van der Waals surface area contributed by atoms with E-state index in [-0.39, 0.29) is 5.41 Å². The van der Waals surface area contributed by atoms with Gasteiger partial charge in [-0.25, -0.2) is 0 Å². The maximum atomic E-state index is 9.26. The second-order valence-corrected chi connectivity index (χ2v) is 6.31. The highest BCUT2D eigenvalue weighted by Crippen LogP contribution is 2.69. The SMILES string of the molecule is CC1(C)[C@H]2CCC(C3(C#N)CC3)[C@@H]1C2. The minimum Gasteiger partial charge on any atom is -0.198 e. The van der Waals surface area contributed by atoms with Crippen LogP contribution in [0.25, 0.3) is 0 Å². The molecule has 0 N–H and O–H groups in total. The minimum absolute atomic E-state index is 0.132. The van der Waals surface area contributed by atoms with Crippen molar-refractivity contribution in [3.63, 3.8) is 0 Å². The number of rotatable bonds is 1. The van der Waals surface area contributed by atoms with Crippen LogP contribution in [0.4, 0.5) is 0 Å². The van der Waals surface area contributed by atoms with Crippen molar-refractivity contribution in [2.75, 3.05) is 0 Å². The molecule has 0 radical (unpaired) electrons. The average Bonchev–Trinajstić information content (AvgIpc) is 2.98. The molecule has 0 aromatic rings. The Hall–Kier alpha value is -0.510. The molecule has 4 aliphatic rings. The summed E-state index contributed by atoms with van der Waals surface area (Å²) in [6, 6.07) is 2.61. The first-order valence-corrected chi connectivity index (χ1v) is 6.01. The summed E-state index contributed by atoms with van der Waals surface area (Å²) < 4.78 is 0. The molecule has 0 aromatic carbocycles. The highest BCUT2D eigenvalue weighted by Gasteiger charge is 2.62. The van der Waals surface area contributed by atoms with Gasteiger partial charge in [-0.1, -0.05) is 13.8 Å². The van der Waals surface area contributed by atoms with Gasteiger partial charge in [0.25, 0.3) is 0 Å². The molecule has 76 valence electrons. The van der Waals surface area contributed by atoms with Crippen molar-refractivity contribution in [1.82, 2.24) is 0 Å². The molecule has 4 rings (SSSR count). The second kappa shape index (κ2) is 2.35. The van der Waals surface area contributed by atoms with Crippen LogP contribution in [0.3, 0.4) is 0 Å². The molecule has 3 atom stereocenters. The largest absolute Gasteiger partial charge is 0.198 e. The molecule has 4 saturated carbocycles. The van der Waals surface area contributed by atoms with Gasteiger partial charge in [-0.2, -0.15) is 5.26 Å². The van der Waals surface area contributed by atoms with Gasteiger partial charge in [0.05, 0.1) is 11.5 Å². The molecule has 0 aliphatic heterocycles. The third-order valence-corrected chi connectivity index (χ3v) is 5.58. The van der Waals surface area contributed by atoms with Crippen LogP contribution in [0.1, 0.15) is 46.0 Å². The third-order valence-electron chi connectivity index (χ3n) is 5.58. The summed E-state index contributed by atoms with van der Waals surface area (Å²) in [6.45, 7) is 4.84. The molecule has 0 saturated heterocycles. The van der Waals surface area contributed by atoms with Gasteiger partial charge in [0.2, 0.25) is 0 Å². The summed E-state index contributed by atoms with van der Waals surface area (Å²) in [6.07, 6.45) is 6.52. The molecule has 2 bridgehead atoms. The van der Waals surface area contributed by atoms with Crippen LogP contribution < -0.4 is 0 Å². The van der Waals surface area contributed by atoms with Gasteiger partial charge in [0.1, 0.15) is 0 Å². The highest BCUT2D eigenvalue weighted by molar-refractivity contribution is 5.19. The van der Waals surface area contributed by atoms with Crippen molar-refractivity contribution in [3.05, 3.63) is 0 Å². The lowest BCUT2D eigenvalue weighted by atomic mass is 9.43. The van der Waals surface area contributed by atoms with Crippen molar-refractivity contribution in [2.45, 2.75) is 46.0 Å². The number of hydrogen-bond acceptors (Lipinski definition) is 1. The van der Waals surface area contributed by atoms with Crippen molar-refractivity contribution in [3.8, 4) is 6.07 Å². The highest BCUT2D eigenvalue weighted by atomic mass is 14.7. The van der Waals surface area contributed by atoms with Crippen molar-refractivity contribution >= 4 is 0 Å². The number of fused-ring (bicyclic) bond motifs is 2. The standard InChI is InChI=1S/C13H19N/c1-12(2)9-3-4-10(11(12)7-9)13(8-14)5-6-13/h9-11H,3-7H2,1-2H3/t9-,10?,11-/m0/s1. The number of nitriles is 1. The third kappa shape index (κ3) is 0.853. The van der Waals surface area contributed by atoms with E-state index in [1.54, 1.807) is 0 Å². The molecule has 4 aliphatic carbocycles. The van der Waals surface area contributed by atoms with Crippen molar-refractivity contribution in [2.24, 2.45) is 28.6 Å². The Morgan fingerprint density at radius 2 is 1.86 bits per heavy atom. The first-order chi connectivity index (χ1) is 6.60. The van der Waals surface area contributed by atoms with Gasteiger partial charge >= 0.3 is 0 Å². The van der Waals surface area contributed by atoms with Gasteiger partial charge in [-0.15, -0.1) is 0 Å². The summed E-state index contributed by atoms with van der Waals surface area (Å²) in [5.74, 6) is 2.58. The van der Waals surface area contributed by atoms with Crippen LogP contribution in [0.2, 0.25) is 0 Å². The van der Waals surface area contributed by atoms with E-state index >= 15 is 0 Å². The topological polar surface area (TPSA) is 23.8 Å². The van der Waals surface area contributed by atoms with Gasteiger partial charge in [0.15, 0.2) is 0 Å². The van der Waals surface area contributed by atoms with Gasteiger partial charge in [-0.05, 0) is 55.3 Å². The average molecular weight is 189 g/mol. The van der Waals surface area contributed by atoms with E-state index in [2.05, 4.69) is 19.9 Å². The van der Waals surface area contributed by atoms with E-state index in [9.17, 15) is 5.26 Å². The monoisotopic (exact) mass is 189 g/mol. The van der Waals surface area contributed by atoms with Gasteiger partial charge < -0.3 is 0 Å². The molecule has 0 spiro atoms. The lowest BCUT2D eigenvalue weighted by molar-refractivity contribution is -0.119. The van der Waals surface area contributed by atoms with Gasteiger partial charge in [0, 0.05) is 0 Å². The number of nitrogens with zero attached hydrogens (tertiary/aromatic N) is 1. The Kier molecular flexibility index (Phi) is 1.47. The van der Waals surface area contributed by atoms with E-state index in [0.717, 1.165) is 17.8 Å². The van der Waals surface area contributed by atoms with E-state index < -0.39 is 0 Å². The zero-order chi connectivity index (χ0) is 9.97. The molecule has 0 amide bonds. The normalized spacial score (nSPS) is 46.2. The predicted octanol–water partition coefficient (Wildman–Crippen LogP) is 3.36. The molecule has 4 fully saturated rings. The van der Waals surface area contributed by atoms with E-state index in [1.165, 1.54) is 32.1 Å². The first kappa shape index (κ1) is 8.77. The zero-order valence-corrected chi connectivity index (χ0v) is 9.21.